The van der Waals surface area contributed by atoms with E-state index in [2.05, 4.69) is 30.4 Å². The number of aromatic nitrogens is 6. The number of H-pyrrole nitrogens is 1. The fourth-order valence-corrected chi connectivity index (χ4v) is 3.65. The average Bonchev–Trinajstić information content (AvgIpc) is 3.24. The fourth-order valence-electron chi connectivity index (χ4n) is 3.65. The minimum absolute atomic E-state index is 0.119. The van der Waals surface area contributed by atoms with Crippen LogP contribution in [0.15, 0.2) is 29.3 Å². The lowest BCUT2D eigenvalue weighted by atomic mass is 9.92. The summed E-state index contributed by atoms with van der Waals surface area (Å²) in [5, 5.41) is 7.50. The summed E-state index contributed by atoms with van der Waals surface area (Å²) in [6.07, 6.45) is 3.63. The lowest BCUT2D eigenvalue weighted by Gasteiger charge is -2.27. The normalized spacial score (nSPS) is 14.3. The Labute approximate surface area is 197 Å². The van der Waals surface area contributed by atoms with Crippen LogP contribution in [0.5, 0.6) is 0 Å². The number of hydrogen-bond acceptors (Lipinski definition) is 8. The molecular formula is C23H30N8O3. The van der Waals surface area contributed by atoms with Crippen molar-refractivity contribution in [3.05, 3.63) is 51.8 Å². The van der Waals surface area contributed by atoms with Crippen LogP contribution >= 0.6 is 0 Å². The monoisotopic (exact) mass is 466 g/mol. The number of amides is 1. The molecule has 0 aliphatic carbocycles. The molecule has 0 radical (unpaired) electrons. The minimum Gasteiger partial charge on any atom is -0.378 e. The molecule has 1 amide bonds. The maximum Gasteiger partial charge on any atom is 0.255 e. The quantitative estimate of drug-likeness (QED) is 0.562. The molecule has 34 heavy (non-hydrogen) atoms. The molecular weight excluding hydrogens is 436 g/mol. The Balaban J connectivity index is 1.48. The van der Waals surface area contributed by atoms with Gasteiger partial charge in [-0.15, -0.1) is 0 Å². The molecule has 0 spiro atoms. The van der Waals surface area contributed by atoms with E-state index in [1.54, 1.807) is 25.4 Å². The topological polar surface area (TPSA) is 131 Å². The van der Waals surface area contributed by atoms with Crippen molar-refractivity contribution < 1.29 is 9.53 Å². The smallest absolute Gasteiger partial charge is 0.255 e. The van der Waals surface area contributed by atoms with E-state index in [1.807, 2.05) is 31.7 Å². The van der Waals surface area contributed by atoms with E-state index in [9.17, 15) is 9.59 Å². The van der Waals surface area contributed by atoms with Gasteiger partial charge in [-0.1, -0.05) is 20.8 Å². The first-order chi connectivity index (χ1) is 16.2. The summed E-state index contributed by atoms with van der Waals surface area (Å²) in [4.78, 5) is 43.4. The van der Waals surface area contributed by atoms with Crippen LogP contribution in [0.1, 0.15) is 44.1 Å². The molecule has 1 aliphatic rings. The van der Waals surface area contributed by atoms with Gasteiger partial charge in [-0.05, 0) is 19.4 Å². The van der Waals surface area contributed by atoms with Crippen molar-refractivity contribution in [2.45, 2.75) is 46.0 Å². The maximum absolute atomic E-state index is 12.8. The second kappa shape index (κ2) is 9.72. The molecule has 0 unspecified atom stereocenters. The summed E-state index contributed by atoms with van der Waals surface area (Å²) in [6, 6.07) is 3.54. The highest BCUT2D eigenvalue weighted by Gasteiger charge is 2.23. The molecule has 4 rings (SSSR count). The number of aryl methyl sites for hydroxylation is 1. The van der Waals surface area contributed by atoms with E-state index in [4.69, 9.17) is 4.74 Å². The number of aromatic amines is 1. The first kappa shape index (κ1) is 23.6. The Kier molecular flexibility index (Phi) is 6.73. The second-order valence-corrected chi connectivity index (χ2v) is 9.23. The molecule has 4 heterocycles. The molecule has 11 heteroatoms. The lowest BCUT2D eigenvalue weighted by molar-refractivity contribution is -0.116. The fraction of sp³-hybridized carbons (Fsp3) is 0.478. The van der Waals surface area contributed by atoms with Crippen LogP contribution < -0.4 is 15.8 Å². The van der Waals surface area contributed by atoms with Crippen molar-refractivity contribution >= 4 is 17.7 Å². The van der Waals surface area contributed by atoms with Gasteiger partial charge in [0.2, 0.25) is 11.9 Å². The van der Waals surface area contributed by atoms with Gasteiger partial charge in [0.15, 0.2) is 0 Å². The molecule has 3 aromatic rings. The highest BCUT2D eigenvalue weighted by molar-refractivity contribution is 5.90. The maximum atomic E-state index is 12.8. The van der Waals surface area contributed by atoms with Gasteiger partial charge in [-0.2, -0.15) is 9.78 Å². The van der Waals surface area contributed by atoms with E-state index in [-0.39, 0.29) is 29.7 Å². The average molecular weight is 467 g/mol. The van der Waals surface area contributed by atoms with Gasteiger partial charge in [0, 0.05) is 54.6 Å². The predicted molar refractivity (Wildman–Crippen MR) is 127 cm³/mol. The molecule has 11 nitrogen and oxygen atoms in total. The zero-order valence-electron chi connectivity index (χ0n) is 20.0. The van der Waals surface area contributed by atoms with Gasteiger partial charge in [0.05, 0.1) is 18.9 Å². The van der Waals surface area contributed by atoms with Crippen LogP contribution in [0.4, 0.5) is 11.8 Å². The summed E-state index contributed by atoms with van der Waals surface area (Å²) in [7, 11) is 0. The number of carbonyl (C=O) groups excluding carboxylic acids is 1. The predicted octanol–water partition coefficient (Wildman–Crippen LogP) is 1.76. The summed E-state index contributed by atoms with van der Waals surface area (Å²) >= 11 is 0. The van der Waals surface area contributed by atoms with Crippen molar-refractivity contribution in [1.29, 1.82) is 0 Å². The summed E-state index contributed by atoms with van der Waals surface area (Å²) in [6.45, 7) is 10.5. The highest BCUT2D eigenvalue weighted by atomic mass is 16.5. The Bertz CT molecular complexity index is 1210. The molecule has 1 saturated heterocycles. The van der Waals surface area contributed by atoms with Gasteiger partial charge >= 0.3 is 0 Å². The Morgan fingerprint density at radius 1 is 1.21 bits per heavy atom. The minimum atomic E-state index is -0.242. The molecule has 180 valence electrons. The van der Waals surface area contributed by atoms with Crippen LogP contribution in [-0.2, 0) is 21.4 Å². The Morgan fingerprint density at radius 2 is 1.91 bits per heavy atom. The molecule has 1 fully saturated rings. The molecule has 0 saturated carbocycles. The largest absolute Gasteiger partial charge is 0.378 e. The number of anilines is 2. The molecule has 0 atom stereocenters. The van der Waals surface area contributed by atoms with Crippen molar-refractivity contribution in [3.8, 4) is 5.95 Å². The molecule has 3 aromatic heterocycles. The van der Waals surface area contributed by atoms with Crippen molar-refractivity contribution in [1.82, 2.24) is 29.7 Å². The summed E-state index contributed by atoms with van der Waals surface area (Å²) < 4.78 is 6.88. The van der Waals surface area contributed by atoms with Gasteiger partial charge in [-0.25, -0.2) is 15.0 Å². The SMILES string of the molecule is Cc1nc(N2CCOCC2)[nH]c(=O)c1CCC(=O)Nc1cc(C(C)(C)C)nn1-c1ncccn1. The third kappa shape index (κ3) is 5.30. The third-order valence-corrected chi connectivity index (χ3v) is 5.61. The summed E-state index contributed by atoms with van der Waals surface area (Å²) in [5.41, 5.74) is 1.47. The van der Waals surface area contributed by atoms with Crippen LogP contribution in [0, 0.1) is 6.92 Å². The first-order valence-electron chi connectivity index (χ1n) is 11.3. The van der Waals surface area contributed by atoms with Crippen molar-refractivity contribution in [2.24, 2.45) is 0 Å². The van der Waals surface area contributed by atoms with Gasteiger partial charge in [-0.3, -0.25) is 14.6 Å². The van der Waals surface area contributed by atoms with Crippen molar-refractivity contribution in [3.63, 3.8) is 0 Å². The van der Waals surface area contributed by atoms with Crippen LogP contribution in [-0.4, -0.2) is 61.9 Å². The van der Waals surface area contributed by atoms with Crippen LogP contribution in [0.2, 0.25) is 0 Å². The van der Waals surface area contributed by atoms with E-state index in [1.165, 1.54) is 4.68 Å². The number of hydrogen-bond donors (Lipinski definition) is 2. The number of morpholine rings is 1. The van der Waals surface area contributed by atoms with Crippen LogP contribution in [0.3, 0.4) is 0 Å². The third-order valence-electron chi connectivity index (χ3n) is 5.61. The molecule has 1 aliphatic heterocycles. The van der Waals surface area contributed by atoms with Gasteiger partial charge in [0.1, 0.15) is 5.82 Å². The standard InChI is InChI=1S/C23H30N8O3/c1-15-16(20(33)28-22(26-15)30-10-12-34-13-11-30)6-7-19(32)27-18-14-17(23(2,3)4)29-31(18)21-24-8-5-9-25-21/h5,8-9,14H,6-7,10-13H2,1-4H3,(H,27,32)(H,26,28,33). The second-order valence-electron chi connectivity index (χ2n) is 9.23. The van der Waals surface area contributed by atoms with E-state index < -0.39 is 0 Å². The molecule has 0 aromatic carbocycles. The molecule has 0 bridgehead atoms. The zero-order valence-corrected chi connectivity index (χ0v) is 20.0. The highest BCUT2D eigenvalue weighted by Crippen LogP contribution is 2.25. The van der Waals surface area contributed by atoms with Crippen molar-refractivity contribution in [2.75, 3.05) is 36.5 Å². The molecule has 2 N–H and O–H groups in total. The number of nitrogens with zero attached hydrogens (tertiary/aromatic N) is 6. The first-order valence-corrected chi connectivity index (χ1v) is 11.3. The number of rotatable bonds is 6. The van der Waals surface area contributed by atoms with E-state index >= 15 is 0 Å². The van der Waals surface area contributed by atoms with E-state index in [0.29, 0.717) is 55.3 Å². The lowest BCUT2D eigenvalue weighted by Crippen LogP contribution is -2.38. The number of nitrogens with one attached hydrogen (secondary N) is 2. The van der Waals surface area contributed by atoms with Gasteiger partial charge in [0.25, 0.3) is 11.5 Å². The Morgan fingerprint density at radius 3 is 2.56 bits per heavy atom. The zero-order chi connectivity index (χ0) is 24.3. The number of carbonyl (C=O) groups is 1. The van der Waals surface area contributed by atoms with Gasteiger partial charge < -0.3 is 15.0 Å². The van der Waals surface area contributed by atoms with Crippen LogP contribution in [0.25, 0.3) is 5.95 Å². The van der Waals surface area contributed by atoms with E-state index in [0.717, 1.165) is 5.69 Å². The number of ether oxygens (including phenoxy) is 1. The Hall–Kier alpha value is -3.60. The summed E-state index contributed by atoms with van der Waals surface area (Å²) in [5.74, 6) is 1.14.